The molecule has 1 heterocycles. The quantitative estimate of drug-likeness (QED) is 0.887. The first-order valence-corrected chi connectivity index (χ1v) is 8.13. The molecule has 1 aromatic rings. The fraction of sp³-hybridized carbons (Fsp3) is 0.625. The van der Waals surface area contributed by atoms with E-state index in [4.69, 9.17) is 4.74 Å². The Kier molecular flexibility index (Phi) is 3.61. The molecular weight excluding hydrogens is 302 g/mol. The molecular formula is C16H22BrNO. The summed E-state index contributed by atoms with van der Waals surface area (Å²) < 4.78 is 7.47. The fourth-order valence-corrected chi connectivity index (χ4v) is 3.98. The zero-order valence-corrected chi connectivity index (χ0v) is 13.3. The molecule has 0 radical (unpaired) electrons. The van der Waals surface area contributed by atoms with Crippen molar-refractivity contribution in [1.29, 1.82) is 0 Å². The van der Waals surface area contributed by atoms with Crippen LogP contribution in [0.2, 0.25) is 0 Å². The Labute approximate surface area is 124 Å². The molecule has 1 saturated carbocycles. The van der Waals surface area contributed by atoms with Crippen LogP contribution in [0.1, 0.15) is 51.1 Å². The molecule has 0 amide bonds. The van der Waals surface area contributed by atoms with E-state index < -0.39 is 0 Å². The summed E-state index contributed by atoms with van der Waals surface area (Å²) in [5.74, 6) is 1.89. The third kappa shape index (κ3) is 2.55. The van der Waals surface area contributed by atoms with Crippen molar-refractivity contribution < 1.29 is 4.74 Å². The molecule has 3 heteroatoms. The average molecular weight is 324 g/mol. The summed E-state index contributed by atoms with van der Waals surface area (Å²) in [7, 11) is 0. The van der Waals surface area contributed by atoms with E-state index in [0.717, 1.165) is 29.1 Å². The van der Waals surface area contributed by atoms with Crippen LogP contribution in [0.3, 0.4) is 0 Å². The number of nitrogens with one attached hydrogen (secondary N) is 1. The van der Waals surface area contributed by atoms with Crippen molar-refractivity contribution in [2.24, 2.45) is 5.92 Å². The third-order valence-corrected chi connectivity index (χ3v) is 4.82. The smallest absolute Gasteiger partial charge is 0.125 e. The number of ether oxygens (including phenoxy) is 1. The number of hydrogen-bond donors (Lipinski definition) is 1. The van der Waals surface area contributed by atoms with E-state index in [-0.39, 0.29) is 5.60 Å². The van der Waals surface area contributed by atoms with Crippen molar-refractivity contribution in [2.45, 2.75) is 51.2 Å². The minimum atomic E-state index is 0.103. The van der Waals surface area contributed by atoms with Gasteiger partial charge in [-0.25, -0.2) is 0 Å². The first-order chi connectivity index (χ1) is 9.12. The van der Waals surface area contributed by atoms with Crippen molar-refractivity contribution >= 4 is 15.9 Å². The standard InChI is InChI=1S/C16H22BrNO/c1-3-6-18-14-10-16(8-11(2)9-16)19-15-5-4-12(17)7-13(14)15/h4-5,7,11,14,18H,3,6,8-10H2,1-2H3. The van der Waals surface area contributed by atoms with Gasteiger partial charge in [0.15, 0.2) is 0 Å². The van der Waals surface area contributed by atoms with Gasteiger partial charge in [0, 0.05) is 22.5 Å². The summed E-state index contributed by atoms with van der Waals surface area (Å²) in [6, 6.07) is 6.84. The van der Waals surface area contributed by atoms with E-state index >= 15 is 0 Å². The second-order valence-corrected chi connectivity index (χ2v) is 7.11. The minimum absolute atomic E-state index is 0.103. The van der Waals surface area contributed by atoms with Gasteiger partial charge in [0.05, 0.1) is 0 Å². The maximum absolute atomic E-state index is 6.33. The highest BCUT2D eigenvalue weighted by Crippen LogP contribution is 2.51. The van der Waals surface area contributed by atoms with Gasteiger partial charge in [-0.2, -0.15) is 0 Å². The largest absolute Gasteiger partial charge is 0.487 e. The molecule has 1 N–H and O–H groups in total. The first-order valence-electron chi connectivity index (χ1n) is 7.34. The predicted molar refractivity (Wildman–Crippen MR) is 81.6 cm³/mol. The average Bonchev–Trinajstić information content (AvgIpc) is 2.35. The van der Waals surface area contributed by atoms with Gasteiger partial charge < -0.3 is 10.1 Å². The molecule has 104 valence electrons. The van der Waals surface area contributed by atoms with Gasteiger partial charge in [0.2, 0.25) is 0 Å². The summed E-state index contributed by atoms with van der Waals surface area (Å²) >= 11 is 3.57. The van der Waals surface area contributed by atoms with E-state index in [2.05, 4.69) is 53.3 Å². The van der Waals surface area contributed by atoms with Gasteiger partial charge in [0.25, 0.3) is 0 Å². The lowest BCUT2D eigenvalue weighted by Crippen LogP contribution is -2.52. The Morgan fingerprint density at radius 2 is 2.16 bits per heavy atom. The summed E-state index contributed by atoms with van der Waals surface area (Å²) in [5.41, 5.74) is 1.42. The lowest BCUT2D eigenvalue weighted by atomic mass is 9.67. The van der Waals surface area contributed by atoms with Crippen LogP contribution < -0.4 is 10.1 Å². The second-order valence-electron chi connectivity index (χ2n) is 6.19. The molecule has 1 atom stereocenters. The van der Waals surface area contributed by atoms with Crippen LogP contribution in [0.4, 0.5) is 0 Å². The third-order valence-electron chi connectivity index (χ3n) is 4.33. The maximum Gasteiger partial charge on any atom is 0.125 e. The Morgan fingerprint density at radius 1 is 1.37 bits per heavy atom. The Hall–Kier alpha value is -0.540. The summed E-state index contributed by atoms with van der Waals surface area (Å²) in [6.45, 7) is 5.61. The molecule has 1 unspecified atom stereocenters. The van der Waals surface area contributed by atoms with Crippen LogP contribution in [-0.2, 0) is 0 Å². The topological polar surface area (TPSA) is 21.3 Å². The SMILES string of the molecule is CCCNC1CC2(CC(C)C2)Oc2ccc(Br)cc21. The van der Waals surface area contributed by atoms with E-state index in [1.165, 1.54) is 24.8 Å². The van der Waals surface area contributed by atoms with Gasteiger partial charge in [-0.3, -0.25) is 0 Å². The number of hydrogen-bond acceptors (Lipinski definition) is 2. The first kappa shape index (κ1) is 13.4. The molecule has 3 rings (SSSR count). The summed E-state index contributed by atoms with van der Waals surface area (Å²) in [5, 5.41) is 3.69. The van der Waals surface area contributed by atoms with E-state index in [1.807, 2.05) is 0 Å². The van der Waals surface area contributed by atoms with Gasteiger partial charge in [-0.05, 0) is 49.9 Å². The molecule has 1 aliphatic carbocycles. The minimum Gasteiger partial charge on any atom is -0.487 e. The van der Waals surface area contributed by atoms with E-state index in [9.17, 15) is 0 Å². The molecule has 1 spiro atoms. The highest BCUT2D eigenvalue weighted by atomic mass is 79.9. The van der Waals surface area contributed by atoms with Crippen LogP contribution >= 0.6 is 15.9 Å². The lowest BCUT2D eigenvalue weighted by molar-refractivity contribution is -0.0689. The zero-order chi connectivity index (χ0) is 13.5. The van der Waals surface area contributed by atoms with Gasteiger partial charge in [-0.1, -0.05) is 29.8 Å². The predicted octanol–water partition coefficient (Wildman–Crippen LogP) is 4.44. The second kappa shape index (κ2) is 5.10. The van der Waals surface area contributed by atoms with Crippen LogP contribution in [0.25, 0.3) is 0 Å². The zero-order valence-electron chi connectivity index (χ0n) is 11.7. The van der Waals surface area contributed by atoms with Crippen molar-refractivity contribution in [2.75, 3.05) is 6.54 Å². The van der Waals surface area contributed by atoms with Crippen LogP contribution in [0.15, 0.2) is 22.7 Å². The van der Waals surface area contributed by atoms with Crippen LogP contribution in [0, 0.1) is 5.92 Å². The molecule has 0 aromatic heterocycles. The van der Waals surface area contributed by atoms with Crippen molar-refractivity contribution in [1.82, 2.24) is 5.32 Å². The fourth-order valence-electron chi connectivity index (χ4n) is 3.60. The molecule has 2 nitrogen and oxygen atoms in total. The molecule has 1 aliphatic heterocycles. The lowest BCUT2D eigenvalue weighted by Gasteiger charge is -2.51. The molecule has 1 fully saturated rings. The van der Waals surface area contributed by atoms with Gasteiger partial charge in [-0.15, -0.1) is 0 Å². The summed E-state index contributed by atoms with van der Waals surface area (Å²) in [4.78, 5) is 0. The van der Waals surface area contributed by atoms with E-state index in [1.54, 1.807) is 0 Å². The Bertz CT molecular complexity index is 468. The van der Waals surface area contributed by atoms with Crippen LogP contribution in [-0.4, -0.2) is 12.1 Å². The van der Waals surface area contributed by atoms with Crippen molar-refractivity contribution in [3.63, 3.8) is 0 Å². The normalized spacial score (nSPS) is 32.6. The number of fused-ring (bicyclic) bond motifs is 1. The molecule has 0 saturated heterocycles. The van der Waals surface area contributed by atoms with Gasteiger partial charge in [0.1, 0.15) is 11.4 Å². The van der Waals surface area contributed by atoms with Crippen LogP contribution in [0.5, 0.6) is 5.75 Å². The van der Waals surface area contributed by atoms with Crippen molar-refractivity contribution in [3.05, 3.63) is 28.2 Å². The van der Waals surface area contributed by atoms with Gasteiger partial charge >= 0.3 is 0 Å². The Morgan fingerprint density at radius 3 is 2.84 bits per heavy atom. The molecule has 0 bridgehead atoms. The molecule has 19 heavy (non-hydrogen) atoms. The number of benzene rings is 1. The monoisotopic (exact) mass is 323 g/mol. The highest BCUT2D eigenvalue weighted by molar-refractivity contribution is 9.10. The number of rotatable bonds is 3. The van der Waals surface area contributed by atoms with E-state index in [0.29, 0.717) is 6.04 Å². The summed E-state index contributed by atoms with van der Waals surface area (Å²) in [6.07, 6.45) is 4.69. The van der Waals surface area contributed by atoms with Crippen molar-refractivity contribution in [3.8, 4) is 5.75 Å². The number of halogens is 1. The maximum atomic E-state index is 6.33. The molecule has 1 aromatic carbocycles. The Balaban J connectivity index is 1.88. The molecule has 2 aliphatic rings. The highest BCUT2D eigenvalue weighted by Gasteiger charge is 2.48.